The summed E-state index contributed by atoms with van der Waals surface area (Å²) in [4.78, 5) is 6.52. The zero-order valence-corrected chi connectivity index (χ0v) is 17.7. The van der Waals surface area contributed by atoms with Gasteiger partial charge in [0.1, 0.15) is 5.75 Å². The van der Waals surface area contributed by atoms with Crippen LogP contribution in [0.5, 0.6) is 5.75 Å². The molecule has 1 aromatic rings. The van der Waals surface area contributed by atoms with E-state index in [9.17, 15) is 0 Å². The van der Waals surface area contributed by atoms with Crippen molar-refractivity contribution >= 4 is 5.96 Å². The molecule has 158 valence electrons. The maximum atomic E-state index is 5.74. The molecule has 0 amide bonds. The van der Waals surface area contributed by atoms with E-state index in [2.05, 4.69) is 46.8 Å². The van der Waals surface area contributed by atoms with Gasteiger partial charge >= 0.3 is 0 Å². The predicted molar refractivity (Wildman–Crippen MR) is 113 cm³/mol. The standard InChI is InChI=1S/C21H36N4O3/c1-22-21(23-11-5-12-27-15-17-10-13-28-16-17)24-14-20(25(2)3)18-6-8-19(26-4)9-7-18/h6-9,17,20H,5,10-16H2,1-4H3,(H2,22,23,24). The lowest BCUT2D eigenvalue weighted by atomic mass is 10.1. The van der Waals surface area contributed by atoms with E-state index < -0.39 is 0 Å². The third-order valence-corrected chi connectivity index (χ3v) is 4.95. The molecule has 1 aliphatic heterocycles. The number of methoxy groups -OCH3 is 1. The van der Waals surface area contributed by atoms with Crippen LogP contribution in [0, 0.1) is 5.92 Å². The first-order chi connectivity index (χ1) is 13.6. The van der Waals surface area contributed by atoms with Crippen LogP contribution in [0.25, 0.3) is 0 Å². The number of nitrogens with one attached hydrogen (secondary N) is 2. The van der Waals surface area contributed by atoms with Crippen molar-refractivity contribution in [3.05, 3.63) is 29.8 Å². The van der Waals surface area contributed by atoms with Gasteiger partial charge in [-0.3, -0.25) is 4.99 Å². The Morgan fingerprint density at radius 3 is 2.68 bits per heavy atom. The minimum atomic E-state index is 0.237. The van der Waals surface area contributed by atoms with E-state index in [-0.39, 0.29) is 6.04 Å². The summed E-state index contributed by atoms with van der Waals surface area (Å²) < 4.78 is 16.4. The summed E-state index contributed by atoms with van der Waals surface area (Å²) in [6.07, 6.45) is 2.07. The van der Waals surface area contributed by atoms with Crippen molar-refractivity contribution in [1.82, 2.24) is 15.5 Å². The lowest BCUT2D eigenvalue weighted by Gasteiger charge is -2.26. The molecule has 0 spiro atoms. The van der Waals surface area contributed by atoms with Gasteiger partial charge in [0.05, 0.1) is 26.4 Å². The number of rotatable bonds is 11. The molecule has 1 saturated heterocycles. The van der Waals surface area contributed by atoms with Crippen LogP contribution in [0.1, 0.15) is 24.4 Å². The van der Waals surface area contributed by atoms with Crippen LogP contribution >= 0.6 is 0 Å². The zero-order chi connectivity index (χ0) is 20.2. The highest BCUT2D eigenvalue weighted by Crippen LogP contribution is 2.20. The fourth-order valence-electron chi connectivity index (χ4n) is 3.18. The topological polar surface area (TPSA) is 67.4 Å². The Kier molecular flexibility index (Phi) is 10.1. The van der Waals surface area contributed by atoms with Crippen molar-refractivity contribution < 1.29 is 14.2 Å². The van der Waals surface area contributed by atoms with Crippen molar-refractivity contribution in [3.63, 3.8) is 0 Å². The Balaban J connectivity index is 1.68. The lowest BCUT2D eigenvalue weighted by molar-refractivity contribution is 0.0888. The van der Waals surface area contributed by atoms with Crippen LogP contribution in [-0.2, 0) is 9.47 Å². The van der Waals surface area contributed by atoms with Crippen LogP contribution < -0.4 is 15.4 Å². The number of hydrogen-bond donors (Lipinski definition) is 2. The van der Waals surface area contributed by atoms with E-state index in [1.165, 1.54) is 5.56 Å². The number of aliphatic imine (C=N–C) groups is 1. The van der Waals surface area contributed by atoms with Gasteiger partial charge in [-0.25, -0.2) is 0 Å². The third-order valence-electron chi connectivity index (χ3n) is 4.95. The zero-order valence-electron chi connectivity index (χ0n) is 17.7. The van der Waals surface area contributed by atoms with Crippen molar-refractivity contribution in [1.29, 1.82) is 0 Å². The lowest BCUT2D eigenvalue weighted by Crippen LogP contribution is -2.42. The minimum Gasteiger partial charge on any atom is -0.497 e. The predicted octanol–water partition coefficient (Wildman–Crippen LogP) is 1.91. The third kappa shape index (κ3) is 7.66. The largest absolute Gasteiger partial charge is 0.497 e. The Morgan fingerprint density at radius 1 is 1.29 bits per heavy atom. The highest BCUT2D eigenvalue weighted by Gasteiger charge is 2.16. The Bertz CT molecular complexity index is 572. The fraction of sp³-hybridized carbons (Fsp3) is 0.667. The first-order valence-electron chi connectivity index (χ1n) is 10.0. The molecule has 0 aliphatic carbocycles. The van der Waals surface area contributed by atoms with E-state index in [4.69, 9.17) is 14.2 Å². The van der Waals surface area contributed by atoms with Gasteiger partial charge < -0.3 is 29.7 Å². The molecule has 0 bridgehead atoms. The maximum Gasteiger partial charge on any atom is 0.191 e. The van der Waals surface area contributed by atoms with Crippen LogP contribution in [0.4, 0.5) is 0 Å². The molecule has 0 radical (unpaired) electrons. The molecule has 1 fully saturated rings. The molecule has 1 aromatic carbocycles. The molecule has 1 aliphatic rings. The van der Waals surface area contributed by atoms with Crippen molar-refractivity contribution in [2.75, 3.05) is 67.8 Å². The van der Waals surface area contributed by atoms with Gasteiger partial charge in [0.25, 0.3) is 0 Å². The smallest absolute Gasteiger partial charge is 0.191 e. The van der Waals surface area contributed by atoms with Crippen LogP contribution in [-0.4, -0.2) is 78.6 Å². The number of likely N-dealkylation sites (N-methyl/N-ethyl adjacent to an activating group) is 1. The molecule has 0 aromatic heterocycles. The average Bonchev–Trinajstić information content (AvgIpc) is 3.22. The second-order valence-corrected chi connectivity index (χ2v) is 7.29. The van der Waals surface area contributed by atoms with Crippen molar-refractivity contribution in [2.45, 2.75) is 18.9 Å². The second-order valence-electron chi connectivity index (χ2n) is 7.29. The average molecular weight is 393 g/mol. The maximum absolute atomic E-state index is 5.74. The number of ether oxygens (including phenoxy) is 3. The van der Waals surface area contributed by atoms with Crippen LogP contribution in [0.2, 0.25) is 0 Å². The summed E-state index contributed by atoms with van der Waals surface area (Å²) in [5.41, 5.74) is 1.23. The molecule has 1 heterocycles. The summed E-state index contributed by atoms with van der Waals surface area (Å²) in [6.45, 7) is 4.87. The van der Waals surface area contributed by atoms with Crippen LogP contribution in [0.15, 0.2) is 29.3 Å². The summed E-state index contributed by atoms with van der Waals surface area (Å²) in [5.74, 6) is 2.25. The molecular weight excluding hydrogens is 356 g/mol. The Labute approximate surface area is 169 Å². The van der Waals surface area contributed by atoms with Gasteiger partial charge in [-0.05, 0) is 44.6 Å². The highest BCUT2D eigenvalue weighted by atomic mass is 16.5. The Hall–Kier alpha value is -1.83. The van der Waals surface area contributed by atoms with Gasteiger partial charge in [-0.2, -0.15) is 0 Å². The summed E-state index contributed by atoms with van der Waals surface area (Å²) in [6, 6.07) is 8.44. The van der Waals surface area contributed by atoms with Gasteiger partial charge in [-0.1, -0.05) is 12.1 Å². The van der Waals surface area contributed by atoms with Crippen molar-refractivity contribution in [3.8, 4) is 5.75 Å². The quantitative estimate of drug-likeness (QED) is 0.341. The summed E-state index contributed by atoms with van der Waals surface area (Å²) in [5, 5.41) is 6.78. The number of hydrogen-bond acceptors (Lipinski definition) is 5. The first-order valence-corrected chi connectivity index (χ1v) is 10.0. The van der Waals surface area contributed by atoms with Gasteiger partial charge in [0.2, 0.25) is 0 Å². The van der Waals surface area contributed by atoms with Gasteiger partial charge in [0, 0.05) is 39.3 Å². The van der Waals surface area contributed by atoms with Crippen molar-refractivity contribution in [2.24, 2.45) is 10.9 Å². The fourth-order valence-corrected chi connectivity index (χ4v) is 3.18. The first kappa shape index (κ1) is 22.5. The van der Waals surface area contributed by atoms with Gasteiger partial charge in [0.15, 0.2) is 5.96 Å². The molecule has 7 heteroatoms. The van der Waals surface area contributed by atoms with E-state index in [1.54, 1.807) is 14.2 Å². The van der Waals surface area contributed by atoms with Crippen LogP contribution in [0.3, 0.4) is 0 Å². The molecule has 2 atom stereocenters. The van der Waals surface area contributed by atoms with E-state index >= 15 is 0 Å². The monoisotopic (exact) mass is 392 g/mol. The summed E-state index contributed by atoms with van der Waals surface area (Å²) in [7, 11) is 7.65. The molecule has 2 unspecified atom stereocenters. The molecule has 0 saturated carbocycles. The second kappa shape index (κ2) is 12.6. The number of benzene rings is 1. The van der Waals surface area contributed by atoms with E-state index in [1.807, 2.05) is 12.1 Å². The molecule has 28 heavy (non-hydrogen) atoms. The SMILES string of the molecule is CN=C(NCCCOCC1CCOC1)NCC(c1ccc(OC)cc1)N(C)C. The minimum absolute atomic E-state index is 0.237. The summed E-state index contributed by atoms with van der Waals surface area (Å²) >= 11 is 0. The molecule has 7 nitrogen and oxygen atoms in total. The Morgan fingerprint density at radius 2 is 2.07 bits per heavy atom. The van der Waals surface area contributed by atoms with E-state index in [0.29, 0.717) is 5.92 Å². The molecule has 2 rings (SSSR count). The van der Waals surface area contributed by atoms with E-state index in [0.717, 1.165) is 64.1 Å². The highest BCUT2D eigenvalue weighted by molar-refractivity contribution is 5.79. The number of nitrogens with zero attached hydrogens (tertiary/aromatic N) is 2. The van der Waals surface area contributed by atoms with Gasteiger partial charge in [-0.15, -0.1) is 0 Å². The molecule has 2 N–H and O–H groups in total. The normalized spacial score (nSPS) is 18.3. The number of guanidine groups is 1. The molecular formula is C21H36N4O3.